The summed E-state index contributed by atoms with van der Waals surface area (Å²) in [6, 6.07) is 7.77. The van der Waals surface area contributed by atoms with Gasteiger partial charge in [0, 0.05) is 32.6 Å². The summed E-state index contributed by atoms with van der Waals surface area (Å²) in [6.45, 7) is 17.4. The number of urea groups is 1. The highest BCUT2D eigenvalue weighted by atomic mass is 16.2. The van der Waals surface area contributed by atoms with Gasteiger partial charge in [-0.05, 0) is 136 Å². The summed E-state index contributed by atoms with van der Waals surface area (Å²) in [6.07, 6.45) is 22.3. The zero-order valence-corrected chi connectivity index (χ0v) is 33.5. The number of hydrogen-bond donors (Lipinski definition) is 2. The Balaban J connectivity index is 0.000000280. The van der Waals surface area contributed by atoms with Gasteiger partial charge in [0.1, 0.15) is 11.6 Å². The molecule has 3 amide bonds. The van der Waals surface area contributed by atoms with Crippen molar-refractivity contribution in [2.24, 2.45) is 5.10 Å². The van der Waals surface area contributed by atoms with Crippen LogP contribution in [0.1, 0.15) is 108 Å². The Morgan fingerprint density at radius 3 is 2.12 bits per heavy atom. The molecule has 2 N–H and O–H groups in total. The van der Waals surface area contributed by atoms with Gasteiger partial charge in [0.25, 0.3) is 0 Å². The van der Waals surface area contributed by atoms with E-state index in [0.717, 1.165) is 18.9 Å². The zero-order valence-electron chi connectivity index (χ0n) is 33.5. The lowest BCUT2D eigenvalue weighted by Gasteiger charge is -2.36. The van der Waals surface area contributed by atoms with Crippen LogP contribution in [0.2, 0.25) is 0 Å². The van der Waals surface area contributed by atoms with E-state index in [1.165, 1.54) is 103 Å². The van der Waals surface area contributed by atoms with Crippen molar-refractivity contribution < 1.29 is 14.4 Å². The second-order valence-electron chi connectivity index (χ2n) is 14.6. The second kappa shape index (κ2) is 26.3. The lowest BCUT2D eigenvalue weighted by molar-refractivity contribution is -0.116. The van der Waals surface area contributed by atoms with Crippen LogP contribution in [0, 0.1) is 6.92 Å². The number of allylic oxidation sites excluding steroid dienone is 2. The van der Waals surface area contributed by atoms with Gasteiger partial charge in [0.2, 0.25) is 6.41 Å². The summed E-state index contributed by atoms with van der Waals surface area (Å²) < 4.78 is 0. The van der Waals surface area contributed by atoms with Crippen molar-refractivity contribution in [3.63, 3.8) is 0 Å². The number of benzene rings is 1. The summed E-state index contributed by atoms with van der Waals surface area (Å²) in [5.74, 6) is 0.524. The monoisotopic (exact) mass is 722 g/mol. The zero-order chi connectivity index (χ0) is 38.1. The van der Waals surface area contributed by atoms with Crippen LogP contribution in [-0.4, -0.2) is 116 Å². The first-order valence-electron chi connectivity index (χ1n) is 19.8. The lowest BCUT2D eigenvalue weighted by atomic mass is 9.91. The number of ketones is 1. The van der Waals surface area contributed by atoms with Crippen LogP contribution in [0.4, 0.5) is 4.79 Å². The number of carbonyl (C=O) groups excluding carboxylic acids is 3. The number of likely N-dealkylation sites (tertiary alicyclic amines) is 3. The van der Waals surface area contributed by atoms with Crippen molar-refractivity contribution in [1.29, 1.82) is 0 Å². The molecule has 0 spiro atoms. The first-order chi connectivity index (χ1) is 25.1. The molecule has 1 aromatic carbocycles. The summed E-state index contributed by atoms with van der Waals surface area (Å²) >= 11 is 0. The number of amidine groups is 1. The van der Waals surface area contributed by atoms with Crippen LogP contribution >= 0.6 is 0 Å². The van der Waals surface area contributed by atoms with Gasteiger partial charge >= 0.3 is 6.03 Å². The SMILES string of the molecule is C/C=C\C/C(=N/N(C)C1CCN(C(=O)NCC(C)=O)CC1)NC=O.C=CC.CN1CCC(N2CCCCCC2)CC1.Cc1ccc2c(c1)CCCC2. The molecule has 5 rings (SSSR count). The van der Waals surface area contributed by atoms with Gasteiger partial charge in [-0.2, -0.15) is 5.10 Å². The second-order valence-corrected chi connectivity index (χ2v) is 14.6. The van der Waals surface area contributed by atoms with E-state index in [1.54, 1.807) is 22.1 Å². The van der Waals surface area contributed by atoms with Crippen LogP contribution in [0.5, 0.6) is 0 Å². The van der Waals surface area contributed by atoms with E-state index in [1.807, 2.05) is 38.1 Å². The van der Waals surface area contributed by atoms with E-state index < -0.39 is 0 Å². The van der Waals surface area contributed by atoms with Crippen molar-refractivity contribution in [3.8, 4) is 0 Å². The lowest BCUT2D eigenvalue weighted by Crippen LogP contribution is -2.49. The molecule has 0 atom stereocenters. The van der Waals surface area contributed by atoms with Gasteiger partial charge in [-0.25, -0.2) is 4.79 Å². The van der Waals surface area contributed by atoms with E-state index in [0.29, 0.717) is 31.8 Å². The molecule has 1 aliphatic carbocycles. The molecule has 10 nitrogen and oxygen atoms in total. The molecule has 0 aromatic heterocycles. The largest absolute Gasteiger partial charge is 0.331 e. The molecule has 3 aliphatic heterocycles. The van der Waals surface area contributed by atoms with Crippen LogP contribution in [0.15, 0.2) is 48.1 Å². The van der Waals surface area contributed by atoms with Crippen LogP contribution in [0.25, 0.3) is 0 Å². The fraction of sp³-hybridized carbons (Fsp3) is 0.667. The van der Waals surface area contributed by atoms with E-state index in [2.05, 4.69) is 64.3 Å². The number of nitrogens with one attached hydrogen (secondary N) is 2. The molecular weight excluding hydrogens is 651 g/mol. The maximum Gasteiger partial charge on any atom is 0.317 e. The van der Waals surface area contributed by atoms with Crippen molar-refractivity contribution in [3.05, 3.63) is 59.7 Å². The molecule has 3 fully saturated rings. The fourth-order valence-electron chi connectivity index (χ4n) is 7.14. The third kappa shape index (κ3) is 17.8. The van der Waals surface area contributed by atoms with E-state index in [-0.39, 0.29) is 24.4 Å². The normalized spacial score (nSPS) is 18.9. The number of piperidine rings is 2. The van der Waals surface area contributed by atoms with Gasteiger partial charge in [-0.1, -0.05) is 54.8 Å². The van der Waals surface area contributed by atoms with Gasteiger partial charge in [-0.15, -0.1) is 6.58 Å². The number of hydrazone groups is 1. The minimum Gasteiger partial charge on any atom is -0.331 e. The Kier molecular flexibility index (Phi) is 22.6. The predicted octanol–water partition coefficient (Wildman–Crippen LogP) is 6.73. The molecule has 0 bridgehead atoms. The third-order valence-electron chi connectivity index (χ3n) is 10.2. The van der Waals surface area contributed by atoms with E-state index >= 15 is 0 Å². The molecule has 0 saturated carbocycles. The van der Waals surface area contributed by atoms with Crippen molar-refractivity contribution in [1.82, 2.24) is 30.3 Å². The van der Waals surface area contributed by atoms with Crippen LogP contribution in [-0.2, 0) is 22.4 Å². The maximum absolute atomic E-state index is 11.9. The molecule has 0 unspecified atom stereocenters. The molecule has 0 radical (unpaired) electrons. The van der Waals surface area contributed by atoms with Crippen LogP contribution < -0.4 is 10.6 Å². The number of carbonyl (C=O) groups is 3. The minimum atomic E-state index is -0.203. The number of nitrogens with zero attached hydrogens (tertiary/aromatic N) is 5. The van der Waals surface area contributed by atoms with Crippen molar-refractivity contribution >= 4 is 24.1 Å². The first-order valence-corrected chi connectivity index (χ1v) is 19.8. The maximum atomic E-state index is 11.9. The molecule has 10 heteroatoms. The topological polar surface area (TPSA) is 101 Å². The standard InChI is InChI=1S/C16H27N5O3.C12H24N2.C11H14.C3H6/c1-4-5-6-15(18-12-22)19-20(3)14-7-9-21(10-8-14)16(24)17-11-13(2)23;1-13-10-6-12(7-11-13)14-8-4-2-3-5-9-14;1-9-6-7-10-4-2-3-5-11(10)8-9;1-3-2/h4-5,12,14H,6-11H2,1-3H3,(H,17,24)(H,18,19,22);12H,2-11H2,1H3;6-8H,2-5H2,1H3;3H,1H2,2H3/b5-4-;;;. The van der Waals surface area contributed by atoms with Crippen LogP contribution in [0.3, 0.4) is 0 Å². The Bertz CT molecular complexity index is 1240. The molecular formula is C42H71N7O3. The molecule has 292 valence electrons. The molecule has 1 aromatic rings. The number of fused-ring (bicyclic) bond motifs is 1. The number of amides is 3. The van der Waals surface area contributed by atoms with Gasteiger partial charge in [0.15, 0.2) is 0 Å². The first kappa shape index (κ1) is 44.7. The van der Waals surface area contributed by atoms with Crippen molar-refractivity contribution in [2.45, 2.75) is 123 Å². The summed E-state index contributed by atoms with van der Waals surface area (Å²) in [5.41, 5.74) is 4.59. The number of hydrogen-bond acceptors (Lipinski definition) is 7. The minimum absolute atomic E-state index is 0.0641. The molecule has 52 heavy (non-hydrogen) atoms. The third-order valence-corrected chi connectivity index (χ3v) is 10.2. The Hall–Kier alpha value is -3.50. The summed E-state index contributed by atoms with van der Waals surface area (Å²) in [7, 11) is 4.12. The van der Waals surface area contributed by atoms with Crippen molar-refractivity contribution in [2.75, 3.05) is 59.9 Å². The predicted molar refractivity (Wildman–Crippen MR) is 217 cm³/mol. The molecule has 4 aliphatic rings. The Labute approximate surface area is 316 Å². The average Bonchev–Trinajstić information content (AvgIpc) is 3.44. The highest BCUT2D eigenvalue weighted by Crippen LogP contribution is 2.22. The molecule has 3 heterocycles. The fourth-order valence-corrected chi connectivity index (χ4v) is 7.14. The number of rotatable bonds is 8. The highest BCUT2D eigenvalue weighted by molar-refractivity contribution is 5.91. The van der Waals surface area contributed by atoms with E-state index in [4.69, 9.17) is 0 Å². The number of Topliss-reactive ketones (excluding diaryl/α,β-unsaturated/α-hetero) is 1. The smallest absolute Gasteiger partial charge is 0.317 e. The summed E-state index contributed by atoms with van der Waals surface area (Å²) in [5, 5.41) is 11.5. The van der Waals surface area contributed by atoms with Gasteiger partial charge in [0.05, 0.1) is 12.6 Å². The highest BCUT2D eigenvalue weighted by Gasteiger charge is 2.25. The molecule has 3 saturated heterocycles. The quantitative estimate of drug-likeness (QED) is 0.102. The van der Waals surface area contributed by atoms with Gasteiger partial charge < -0.3 is 25.3 Å². The Morgan fingerprint density at radius 1 is 0.923 bits per heavy atom. The van der Waals surface area contributed by atoms with E-state index in [9.17, 15) is 14.4 Å². The number of aryl methyl sites for hydroxylation is 3. The summed E-state index contributed by atoms with van der Waals surface area (Å²) in [4.78, 5) is 40.4. The average molecular weight is 722 g/mol. The Morgan fingerprint density at radius 2 is 1.54 bits per heavy atom. The van der Waals surface area contributed by atoms with Gasteiger partial charge in [-0.3, -0.25) is 14.6 Å².